The van der Waals surface area contributed by atoms with Gasteiger partial charge in [0, 0.05) is 19.6 Å². The average molecular weight is 416 g/mol. The van der Waals surface area contributed by atoms with Gasteiger partial charge in [-0.05, 0) is 37.3 Å². The summed E-state index contributed by atoms with van der Waals surface area (Å²) in [7, 11) is 1.69. The number of nitrogens with zero attached hydrogens (tertiary/aromatic N) is 2. The Bertz CT molecular complexity index is 784. The minimum Gasteiger partial charge on any atom is -0.494 e. The highest BCUT2D eigenvalue weighted by Gasteiger charge is 2.32. The lowest BCUT2D eigenvalue weighted by atomic mass is 9.94. The predicted molar refractivity (Wildman–Crippen MR) is 115 cm³/mol. The van der Waals surface area contributed by atoms with Gasteiger partial charge >= 0.3 is 0 Å². The zero-order valence-electron chi connectivity index (χ0n) is 18.2. The van der Waals surface area contributed by atoms with Crippen LogP contribution in [0.4, 0.5) is 0 Å². The Morgan fingerprint density at radius 3 is 2.33 bits per heavy atom. The first-order chi connectivity index (χ1) is 14.4. The van der Waals surface area contributed by atoms with E-state index in [2.05, 4.69) is 5.32 Å². The molecule has 1 aromatic rings. The predicted octanol–water partition coefficient (Wildman–Crippen LogP) is 2.90. The van der Waals surface area contributed by atoms with Crippen LogP contribution in [0.2, 0.25) is 0 Å². The molecule has 0 heterocycles. The number of imide groups is 1. The van der Waals surface area contributed by atoms with E-state index >= 15 is 0 Å². The molecule has 1 fully saturated rings. The van der Waals surface area contributed by atoms with E-state index in [1.165, 1.54) is 0 Å². The fraction of sp³-hybridized carbons (Fsp3) is 0.522. The minimum atomic E-state index is -0.804. The smallest absolute Gasteiger partial charge is 0.271 e. The maximum atomic E-state index is 13.2. The Balaban J connectivity index is 2.37. The van der Waals surface area contributed by atoms with Crippen molar-refractivity contribution in [1.29, 1.82) is 0 Å². The molecule has 1 aromatic carbocycles. The summed E-state index contributed by atoms with van der Waals surface area (Å²) >= 11 is 0. The van der Waals surface area contributed by atoms with Crippen LogP contribution in [0.3, 0.4) is 0 Å². The number of hydrogen-bond acceptors (Lipinski definition) is 5. The van der Waals surface area contributed by atoms with Crippen molar-refractivity contribution in [2.45, 2.75) is 65.0 Å². The summed E-state index contributed by atoms with van der Waals surface area (Å²) in [4.78, 5) is 40.2. The van der Waals surface area contributed by atoms with E-state index < -0.39 is 17.4 Å². The second kappa shape index (κ2) is 11.4. The average Bonchev–Trinajstić information content (AvgIpc) is 2.77. The molecule has 2 rings (SSSR count). The second-order valence-electron chi connectivity index (χ2n) is 7.62. The van der Waals surface area contributed by atoms with E-state index in [1.54, 1.807) is 18.9 Å². The molecule has 0 aliphatic heterocycles. The summed E-state index contributed by atoms with van der Waals surface area (Å²) in [6.45, 7) is 4.07. The van der Waals surface area contributed by atoms with Gasteiger partial charge in [0.05, 0.1) is 6.54 Å². The summed E-state index contributed by atoms with van der Waals surface area (Å²) in [6.07, 6.45) is 6.18. The van der Waals surface area contributed by atoms with E-state index in [0.29, 0.717) is 13.0 Å². The molecule has 0 atom stereocenters. The Labute approximate surface area is 178 Å². The highest BCUT2D eigenvalue weighted by molar-refractivity contribution is 6.20. The third-order valence-electron chi connectivity index (χ3n) is 5.69. The van der Waals surface area contributed by atoms with Crippen LogP contribution in [0.15, 0.2) is 35.7 Å². The van der Waals surface area contributed by atoms with E-state index in [0.717, 1.165) is 54.6 Å². The van der Waals surface area contributed by atoms with Gasteiger partial charge in [-0.1, -0.05) is 50.5 Å². The molecular formula is C23H33N3O4. The van der Waals surface area contributed by atoms with Crippen molar-refractivity contribution >= 4 is 18.2 Å². The topological polar surface area (TPSA) is 90.0 Å². The molecule has 2 N–H and O–H groups in total. The molecule has 0 aromatic heterocycles. The summed E-state index contributed by atoms with van der Waals surface area (Å²) in [5, 5.41) is 13.5. The van der Waals surface area contributed by atoms with Crippen LogP contribution >= 0.6 is 0 Å². The lowest BCUT2D eigenvalue weighted by Crippen LogP contribution is -2.42. The van der Waals surface area contributed by atoms with Gasteiger partial charge in [-0.15, -0.1) is 0 Å². The molecule has 0 saturated heterocycles. The number of rotatable bonds is 9. The summed E-state index contributed by atoms with van der Waals surface area (Å²) in [5.41, 5.74) is 1.45. The number of hydrogen-bond donors (Lipinski definition) is 2. The molecule has 3 amide bonds. The van der Waals surface area contributed by atoms with Gasteiger partial charge in [0.25, 0.3) is 11.8 Å². The highest BCUT2D eigenvalue weighted by atomic mass is 16.3. The molecule has 7 nitrogen and oxygen atoms in total. The van der Waals surface area contributed by atoms with Gasteiger partial charge in [-0.2, -0.15) is 0 Å². The van der Waals surface area contributed by atoms with Crippen LogP contribution in [-0.2, 0) is 27.3 Å². The maximum absolute atomic E-state index is 13.2. The lowest BCUT2D eigenvalue weighted by Gasteiger charge is -2.33. The summed E-state index contributed by atoms with van der Waals surface area (Å²) < 4.78 is 0. The van der Waals surface area contributed by atoms with Crippen LogP contribution in [0, 0.1) is 0 Å². The number of benzene rings is 1. The van der Waals surface area contributed by atoms with Gasteiger partial charge in [-0.3, -0.25) is 19.3 Å². The molecular weight excluding hydrogens is 382 g/mol. The number of nitrogens with one attached hydrogen (secondary N) is 1. The monoisotopic (exact) mass is 415 g/mol. The lowest BCUT2D eigenvalue weighted by molar-refractivity contribution is -0.137. The van der Waals surface area contributed by atoms with Gasteiger partial charge < -0.3 is 15.3 Å². The van der Waals surface area contributed by atoms with E-state index in [9.17, 15) is 19.5 Å². The highest BCUT2D eigenvalue weighted by Crippen LogP contribution is 2.25. The Hall–Kier alpha value is -2.83. The number of amides is 3. The second-order valence-corrected chi connectivity index (χ2v) is 7.62. The van der Waals surface area contributed by atoms with Crippen LogP contribution in [-0.4, -0.2) is 52.8 Å². The molecule has 7 heteroatoms. The number of aliphatic hydroxyl groups excluding tert-OH is 1. The quantitative estimate of drug-likeness (QED) is 0.213. The van der Waals surface area contributed by atoms with E-state index in [4.69, 9.17) is 0 Å². The minimum absolute atomic E-state index is 0.0374. The van der Waals surface area contributed by atoms with Crippen molar-refractivity contribution in [3.8, 4) is 0 Å². The normalized spacial score (nSPS) is 15.2. The summed E-state index contributed by atoms with van der Waals surface area (Å²) in [6, 6.07) is 7.60. The van der Waals surface area contributed by atoms with Crippen molar-refractivity contribution < 1.29 is 19.5 Å². The van der Waals surface area contributed by atoms with Gasteiger partial charge in [-0.25, -0.2) is 0 Å². The Kier molecular flexibility index (Phi) is 8.89. The van der Waals surface area contributed by atoms with Crippen molar-refractivity contribution in [3.05, 3.63) is 46.8 Å². The molecule has 0 spiro atoms. The fourth-order valence-electron chi connectivity index (χ4n) is 3.90. The molecule has 164 valence electrons. The fourth-order valence-corrected chi connectivity index (χ4v) is 3.90. The molecule has 1 aliphatic rings. The van der Waals surface area contributed by atoms with E-state index in [1.807, 2.05) is 31.2 Å². The standard InChI is InChI=1S/C23H33N3O4/c1-4-17-11-9-10-12-18(17)15-26(16-27)23(30)20(21(28)24-5-2)22(29)25(3)19-13-7-6-8-14-19/h9-12,16,19,29H,4-8,13-15H2,1-3H3,(H,24,28)/b22-20+. The first-order valence-electron chi connectivity index (χ1n) is 10.7. The molecule has 0 unspecified atom stereocenters. The molecule has 0 bridgehead atoms. The van der Waals surface area contributed by atoms with Gasteiger partial charge in [0.1, 0.15) is 0 Å². The number of likely N-dealkylation sites (N-methyl/N-ethyl adjacent to an activating group) is 1. The zero-order valence-corrected chi connectivity index (χ0v) is 18.2. The van der Waals surface area contributed by atoms with Crippen molar-refractivity contribution in [2.24, 2.45) is 0 Å². The van der Waals surface area contributed by atoms with E-state index in [-0.39, 0.29) is 18.5 Å². The third-order valence-corrected chi connectivity index (χ3v) is 5.69. The van der Waals surface area contributed by atoms with Crippen LogP contribution in [0.5, 0.6) is 0 Å². The first-order valence-corrected chi connectivity index (χ1v) is 10.7. The molecule has 1 saturated carbocycles. The largest absolute Gasteiger partial charge is 0.494 e. The first kappa shape index (κ1) is 23.4. The third kappa shape index (κ3) is 5.62. The van der Waals surface area contributed by atoms with Gasteiger partial charge in [0.15, 0.2) is 5.57 Å². The van der Waals surface area contributed by atoms with Crippen molar-refractivity contribution in [3.63, 3.8) is 0 Å². The van der Waals surface area contributed by atoms with Crippen molar-refractivity contribution in [2.75, 3.05) is 13.6 Å². The molecule has 1 aliphatic carbocycles. The SMILES string of the molecule is CCNC(=O)/C(C(=O)N(C=O)Cc1ccccc1CC)=C(\O)N(C)C1CCCCC1. The number of aliphatic hydroxyl groups is 1. The zero-order chi connectivity index (χ0) is 22.1. The number of carbonyl (C=O) groups excluding carboxylic acids is 3. The molecule has 0 radical (unpaired) electrons. The number of carbonyl (C=O) groups is 3. The van der Waals surface area contributed by atoms with Gasteiger partial charge in [0.2, 0.25) is 12.3 Å². The van der Waals surface area contributed by atoms with Crippen LogP contribution in [0.25, 0.3) is 0 Å². The van der Waals surface area contributed by atoms with Crippen LogP contribution < -0.4 is 5.32 Å². The van der Waals surface area contributed by atoms with Crippen LogP contribution in [0.1, 0.15) is 57.1 Å². The Morgan fingerprint density at radius 2 is 1.77 bits per heavy atom. The maximum Gasteiger partial charge on any atom is 0.271 e. The van der Waals surface area contributed by atoms with Crippen molar-refractivity contribution in [1.82, 2.24) is 15.1 Å². The summed E-state index contributed by atoms with van der Waals surface area (Å²) in [5.74, 6) is -1.87. The molecule has 30 heavy (non-hydrogen) atoms. The number of aryl methyl sites for hydroxylation is 1. The Morgan fingerprint density at radius 1 is 1.13 bits per heavy atom.